The lowest BCUT2D eigenvalue weighted by molar-refractivity contribution is 0.111. The Morgan fingerprint density at radius 2 is 0.671 bits per heavy atom. The van der Waals surface area contributed by atoms with Gasteiger partial charge < -0.3 is 0 Å². The van der Waals surface area contributed by atoms with Gasteiger partial charge in [0.15, 0.2) is 12.6 Å². The molecule has 0 saturated carbocycles. The van der Waals surface area contributed by atoms with E-state index in [4.69, 9.17) is 0 Å². The standard InChI is InChI=1S/C71H80O2S6/c1-5-9-13-17-21-50-25-31-54(32-26-50)47-74-70(75-48-55-33-27-51(28-34-55)22-18-14-10-6-2)66-60-43-63-61(44-62(60)68-64(66)41-58(45-72)77-68)67(65-42-59(46-73)78-69(63)65)71(79-57-39-37-53(38-40-57)24-20-16-12-8-4)76-49-56-35-29-52(30-36-56)23-19-15-11-7-3/h25-46H,5-24,47-49H2,1-4H3/b71-67+. The van der Waals surface area contributed by atoms with Crippen molar-refractivity contribution in [2.45, 2.75) is 178 Å². The normalized spacial score (nSPS) is 12.9. The number of hydrogen-bond donors (Lipinski definition) is 0. The predicted octanol–water partition coefficient (Wildman–Crippen LogP) is 22.9. The smallest absolute Gasteiger partial charge is 0.160 e. The molecule has 0 spiro atoms. The summed E-state index contributed by atoms with van der Waals surface area (Å²) < 4.78 is 2.53. The molecule has 2 aliphatic rings. The highest BCUT2D eigenvalue weighted by atomic mass is 32.2. The topological polar surface area (TPSA) is 34.1 Å². The van der Waals surface area contributed by atoms with Gasteiger partial charge in [-0.25, -0.2) is 0 Å². The van der Waals surface area contributed by atoms with E-state index < -0.39 is 0 Å². The van der Waals surface area contributed by atoms with E-state index in [1.807, 2.05) is 47.0 Å². The van der Waals surface area contributed by atoms with Crippen molar-refractivity contribution in [3.63, 3.8) is 0 Å². The maximum Gasteiger partial charge on any atom is 0.160 e. The molecule has 2 aliphatic carbocycles. The second-order valence-electron chi connectivity index (χ2n) is 21.6. The van der Waals surface area contributed by atoms with Crippen molar-refractivity contribution in [3.8, 4) is 20.9 Å². The molecule has 9 rings (SSSR count). The van der Waals surface area contributed by atoms with Crippen LogP contribution >= 0.6 is 69.7 Å². The van der Waals surface area contributed by atoms with Crippen molar-refractivity contribution in [3.05, 3.63) is 201 Å². The van der Waals surface area contributed by atoms with Gasteiger partial charge in [0.25, 0.3) is 0 Å². The maximum atomic E-state index is 12.8. The van der Waals surface area contributed by atoms with Crippen LogP contribution < -0.4 is 0 Å². The van der Waals surface area contributed by atoms with E-state index in [1.165, 1.54) is 193 Å². The number of thioether (sulfide) groups is 4. The summed E-state index contributed by atoms with van der Waals surface area (Å²) in [4.78, 5) is 30.6. The van der Waals surface area contributed by atoms with E-state index >= 15 is 0 Å². The Balaban J connectivity index is 1.11. The minimum absolute atomic E-state index is 0.751. The van der Waals surface area contributed by atoms with Gasteiger partial charge in [0, 0.05) is 69.5 Å². The molecule has 0 aliphatic heterocycles. The lowest BCUT2D eigenvalue weighted by Gasteiger charge is -2.16. The molecular formula is C71H80O2S6. The molecule has 79 heavy (non-hydrogen) atoms. The van der Waals surface area contributed by atoms with E-state index in [9.17, 15) is 9.59 Å². The third-order valence-electron chi connectivity index (χ3n) is 15.5. The summed E-state index contributed by atoms with van der Waals surface area (Å²) in [7, 11) is 0. The molecule has 412 valence electrons. The second kappa shape index (κ2) is 30.7. The molecule has 2 aromatic heterocycles. The summed E-state index contributed by atoms with van der Waals surface area (Å²) in [6.07, 6.45) is 26.8. The van der Waals surface area contributed by atoms with E-state index in [1.54, 1.807) is 22.7 Å². The molecule has 5 aromatic carbocycles. The van der Waals surface area contributed by atoms with Gasteiger partial charge in [-0.15, -0.1) is 58.0 Å². The van der Waals surface area contributed by atoms with Gasteiger partial charge in [0.1, 0.15) is 0 Å². The number of unbranched alkanes of at least 4 members (excludes halogenated alkanes) is 12. The zero-order chi connectivity index (χ0) is 54.8. The monoisotopic (exact) mass is 1160 g/mol. The molecule has 0 fully saturated rings. The van der Waals surface area contributed by atoms with Crippen molar-refractivity contribution in [2.75, 3.05) is 0 Å². The second-order valence-corrected chi connectivity index (χ2v) is 28.3. The molecule has 2 heterocycles. The number of hydrogen-bond acceptors (Lipinski definition) is 8. The first-order valence-electron chi connectivity index (χ1n) is 29.7. The number of fused-ring (bicyclic) bond motifs is 6. The van der Waals surface area contributed by atoms with Crippen LogP contribution in [-0.4, -0.2) is 12.6 Å². The number of carbonyl (C=O) groups is 2. The fraction of sp³-hybridized carbons (Fsp3) is 0.380. The lowest BCUT2D eigenvalue weighted by atomic mass is 9.98. The van der Waals surface area contributed by atoms with Crippen LogP contribution in [0.5, 0.6) is 0 Å². The van der Waals surface area contributed by atoms with Gasteiger partial charge in [-0.2, -0.15) is 0 Å². The number of rotatable bonds is 33. The summed E-state index contributed by atoms with van der Waals surface area (Å²) >= 11 is 10.9. The van der Waals surface area contributed by atoms with Gasteiger partial charge in [-0.3, -0.25) is 9.59 Å². The van der Waals surface area contributed by atoms with Crippen molar-refractivity contribution in [1.29, 1.82) is 0 Å². The fourth-order valence-electron chi connectivity index (χ4n) is 10.9. The van der Waals surface area contributed by atoms with Crippen molar-refractivity contribution in [2.24, 2.45) is 0 Å². The Hall–Kier alpha value is -4.28. The molecule has 0 saturated heterocycles. The molecule has 0 radical (unpaired) electrons. The zero-order valence-corrected chi connectivity index (χ0v) is 52.1. The molecule has 0 amide bonds. The number of carbonyl (C=O) groups excluding carboxylic acids is 2. The third-order valence-corrected chi connectivity index (χ3v) is 22.7. The van der Waals surface area contributed by atoms with Gasteiger partial charge in [0.2, 0.25) is 0 Å². The Kier molecular flexibility index (Phi) is 23.0. The fourth-order valence-corrected chi connectivity index (χ4v) is 17.7. The Morgan fingerprint density at radius 3 is 1.01 bits per heavy atom. The van der Waals surface area contributed by atoms with E-state index in [0.29, 0.717) is 0 Å². The van der Waals surface area contributed by atoms with Crippen LogP contribution in [0.25, 0.3) is 32.0 Å². The summed E-state index contributed by atoms with van der Waals surface area (Å²) in [5, 5.41) is 0. The van der Waals surface area contributed by atoms with Gasteiger partial charge >= 0.3 is 0 Å². The van der Waals surface area contributed by atoms with Crippen LogP contribution in [0.15, 0.2) is 135 Å². The third kappa shape index (κ3) is 15.8. The Labute approximate surface area is 499 Å². The maximum absolute atomic E-state index is 12.8. The van der Waals surface area contributed by atoms with Gasteiger partial charge in [-0.05, 0) is 138 Å². The van der Waals surface area contributed by atoms with Crippen LogP contribution in [0.4, 0.5) is 0 Å². The number of thiophene rings is 2. The highest BCUT2D eigenvalue weighted by Crippen LogP contribution is 2.60. The molecular weight excluding hydrogens is 1080 g/mol. The first kappa shape index (κ1) is 59.3. The highest BCUT2D eigenvalue weighted by molar-refractivity contribution is 8.22. The number of aldehydes is 2. The molecule has 0 atom stereocenters. The average molecular weight is 1160 g/mol. The Bertz CT molecular complexity index is 3090. The summed E-state index contributed by atoms with van der Waals surface area (Å²) in [6, 6.07) is 46.5. The van der Waals surface area contributed by atoms with E-state index in [2.05, 4.69) is 149 Å². The first-order chi connectivity index (χ1) is 38.9. The summed E-state index contributed by atoms with van der Waals surface area (Å²) in [6.45, 7) is 9.10. The van der Waals surface area contributed by atoms with Crippen molar-refractivity contribution >= 4 is 93.4 Å². The van der Waals surface area contributed by atoms with Gasteiger partial charge in [-0.1, -0.05) is 201 Å². The Morgan fingerprint density at radius 1 is 0.354 bits per heavy atom. The van der Waals surface area contributed by atoms with Crippen LogP contribution in [0, 0.1) is 0 Å². The summed E-state index contributed by atoms with van der Waals surface area (Å²) in [5.41, 5.74) is 19.2. The molecule has 7 aromatic rings. The lowest BCUT2D eigenvalue weighted by Crippen LogP contribution is -1.93. The van der Waals surface area contributed by atoms with Crippen LogP contribution in [0.1, 0.15) is 211 Å². The highest BCUT2D eigenvalue weighted by Gasteiger charge is 2.36. The zero-order valence-electron chi connectivity index (χ0n) is 47.2. The SMILES string of the molecule is CCCCCCc1ccc(CSC(SCc2ccc(CCCCCC)cc2)=C2c3cc4c(cc3-c3sc(C=O)cc32)/C(=C(/SCc2ccc(CCCCCC)cc2)Sc2ccc(CCCCCC)cc2)c2cc(C=O)sc2-4)cc1. The largest absolute Gasteiger partial charge is 0.297 e. The quantitative estimate of drug-likeness (QED) is 0.0232. The molecule has 0 bridgehead atoms. The van der Waals surface area contributed by atoms with Crippen LogP contribution in [0.2, 0.25) is 0 Å². The van der Waals surface area contributed by atoms with E-state index in [0.717, 1.165) is 81.3 Å². The first-order valence-corrected chi connectivity index (χ1v) is 35.1. The summed E-state index contributed by atoms with van der Waals surface area (Å²) in [5.74, 6) is 2.54. The number of benzene rings is 5. The minimum Gasteiger partial charge on any atom is -0.297 e. The average Bonchev–Trinajstić information content (AvgIpc) is 3.82. The van der Waals surface area contributed by atoms with Gasteiger partial charge in [0.05, 0.1) is 14.0 Å². The minimum atomic E-state index is 0.751. The van der Waals surface area contributed by atoms with Crippen LogP contribution in [-0.2, 0) is 42.9 Å². The van der Waals surface area contributed by atoms with E-state index in [-0.39, 0.29) is 0 Å². The molecule has 0 N–H and O–H groups in total. The predicted molar refractivity (Wildman–Crippen MR) is 353 cm³/mol. The number of aryl methyl sites for hydroxylation is 4. The molecule has 2 nitrogen and oxygen atoms in total. The van der Waals surface area contributed by atoms with Crippen molar-refractivity contribution in [1.82, 2.24) is 0 Å². The molecule has 8 heteroatoms. The molecule has 0 unspecified atom stereocenters. The van der Waals surface area contributed by atoms with Crippen LogP contribution in [0.3, 0.4) is 0 Å². The van der Waals surface area contributed by atoms with Crippen molar-refractivity contribution < 1.29 is 9.59 Å².